The molecule has 11 aromatic carbocycles. The lowest BCUT2D eigenvalue weighted by atomic mass is 9.69. The molecule has 13 rings (SSSR count). The van der Waals surface area contributed by atoms with E-state index in [0.717, 1.165) is 88.6 Å². The van der Waals surface area contributed by atoms with Gasteiger partial charge >= 0.3 is 0 Å². The molecule has 12 aromatic rings. The number of rotatable bonds is 21. The molecule has 0 saturated heterocycles. The van der Waals surface area contributed by atoms with E-state index in [2.05, 4.69) is 278 Å². The van der Waals surface area contributed by atoms with E-state index in [1.165, 1.54) is 91.2 Å². The summed E-state index contributed by atoms with van der Waals surface area (Å²) in [5, 5.41) is 2.42. The van der Waals surface area contributed by atoms with E-state index in [9.17, 15) is 0 Å². The highest BCUT2D eigenvalue weighted by molar-refractivity contribution is 6.11. The lowest BCUT2D eigenvalue weighted by molar-refractivity contribution is 0.304. The van der Waals surface area contributed by atoms with Gasteiger partial charge < -0.3 is 14.2 Å². The van der Waals surface area contributed by atoms with E-state index in [0.29, 0.717) is 0 Å². The van der Waals surface area contributed by atoms with Crippen molar-refractivity contribution in [2.45, 2.75) is 50.4 Å². The van der Waals surface area contributed by atoms with Gasteiger partial charge in [0, 0.05) is 38.9 Å². The largest absolute Gasteiger partial charge is 0.494 e. The Balaban J connectivity index is 0.820. The average Bonchev–Trinajstić information content (AvgIpc) is 3.18. The highest BCUT2D eigenvalue weighted by Gasteiger charge is 2.44. The number of benzene rings is 11. The summed E-state index contributed by atoms with van der Waals surface area (Å²) < 4.78 is 8.48. The SMILES string of the molecule is C=Cc1ccc(OCCCCCCCCC2(c3ccccc3)c3ccccc3-c3ccc(N(c4ccccc4)c4ccc(-c5ccc6c(c5)c5cc(-c7ccc(C=C)cc7)ccc5n6-c5ccc(-c6ccc(C=C)cc6)cc5)cc4)cc32)cc1. The lowest BCUT2D eigenvalue weighted by Crippen LogP contribution is -2.27. The number of nitrogens with zero attached hydrogens (tertiary/aromatic N) is 2. The third-order valence-corrected chi connectivity index (χ3v) is 17.3. The second-order valence-electron chi connectivity index (χ2n) is 22.3. The Hall–Kier alpha value is -9.96. The van der Waals surface area contributed by atoms with Gasteiger partial charge in [-0.2, -0.15) is 0 Å². The van der Waals surface area contributed by atoms with Crippen LogP contribution in [0.5, 0.6) is 5.75 Å². The summed E-state index contributed by atoms with van der Waals surface area (Å²) in [6.45, 7) is 12.5. The average molecular weight is 1090 g/mol. The zero-order chi connectivity index (χ0) is 56.8. The minimum Gasteiger partial charge on any atom is -0.494 e. The van der Waals surface area contributed by atoms with Crippen LogP contribution in [0.2, 0.25) is 0 Å². The number of para-hydroxylation sites is 1. The van der Waals surface area contributed by atoms with Gasteiger partial charge in [0.2, 0.25) is 0 Å². The molecule has 1 aromatic heterocycles. The number of fused-ring (bicyclic) bond motifs is 6. The van der Waals surface area contributed by atoms with Crippen molar-refractivity contribution in [3.8, 4) is 55.9 Å². The van der Waals surface area contributed by atoms with Crippen molar-refractivity contribution in [1.82, 2.24) is 4.57 Å². The molecule has 1 heterocycles. The third-order valence-electron chi connectivity index (χ3n) is 17.3. The number of anilines is 3. The second-order valence-corrected chi connectivity index (χ2v) is 22.3. The van der Waals surface area contributed by atoms with Crippen LogP contribution >= 0.6 is 0 Å². The van der Waals surface area contributed by atoms with E-state index in [-0.39, 0.29) is 5.41 Å². The van der Waals surface area contributed by atoms with Gasteiger partial charge in [-0.15, -0.1) is 0 Å². The van der Waals surface area contributed by atoms with Crippen LogP contribution < -0.4 is 9.64 Å². The van der Waals surface area contributed by atoms with E-state index < -0.39 is 0 Å². The van der Waals surface area contributed by atoms with Crippen LogP contribution in [0.4, 0.5) is 17.1 Å². The Bertz CT molecular complexity index is 4290. The van der Waals surface area contributed by atoms with Gasteiger partial charge in [0.15, 0.2) is 0 Å². The number of hydrogen-bond donors (Lipinski definition) is 0. The van der Waals surface area contributed by atoms with E-state index in [1.54, 1.807) is 0 Å². The first-order valence-corrected chi connectivity index (χ1v) is 29.7. The Kier molecular flexibility index (Phi) is 15.2. The fourth-order valence-electron chi connectivity index (χ4n) is 12.9. The maximum Gasteiger partial charge on any atom is 0.119 e. The van der Waals surface area contributed by atoms with Gasteiger partial charge in [0.05, 0.1) is 17.6 Å². The van der Waals surface area contributed by atoms with Crippen molar-refractivity contribution in [3.63, 3.8) is 0 Å². The molecule has 1 unspecified atom stereocenters. The maximum absolute atomic E-state index is 6.06. The summed E-state index contributed by atoms with van der Waals surface area (Å²) in [5.41, 5.74) is 23.7. The number of hydrogen-bond acceptors (Lipinski definition) is 2. The van der Waals surface area contributed by atoms with Crippen LogP contribution in [0.1, 0.15) is 78.3 Å². The quantitative estimate of drug-likeness (QED) is 0.0667. The Labute approximate surface area is 495 Å². The minimum absolute atomic E-state index is 0.301. The number of aromatic nitrogens is 1. The lowest BCUT2D eigenvalue weighted by Gasteiger charge is -2.34. The van der Waals surface area contributed by atoms with E-state index >= 15 is 0 Å². The van der Waals surface area contributed by atoms with Gasteiger partial charge in [0.1, 0.15) is 5.75 Å². The normalized spacial score (nSPS) is 13.3. The highest BCUT2D eigenvalue weighted by Crippen LogP contribution is 2.56. The van der Waals surface area contributed by atoms with Crippen LogP contribution in [-0.4, -0.2) is 11.2 Å². The molecule has 3 heteroatoms. The van der Waals surface area contributed by atoms with E-state index in [4.69, 9.17) is 4.74 Å². The molecule has 408 valence electrons. The fourth-order valence-corrected chi connectivity index (χ4v) is 12.9. The first kappa shape index (κ1) is 53.4. The van der Waals surface area contributed by atoms with E-state index in [1.807, 2.05) is 30.4 Å². The number of unbranched alkanes of at least 4 members (excludes halogenated alkanes) is 5. The molecule has 0 N–H and O–H groups in total. The van der Waals surface area contributed by atoms with Gasteiger partial charge in [-0.05, 0) is 176 Å². The Morgan fingerprint density at radius 3 is 1.42 bits per heavy atom. The molecular formula is C81H68N2O. The van der Waals surface area contributed by atoms with Crippen molar-refractivity contribution in [3.05, 3.63) is 314 Å². The molecule has 0 aliphatic heterocycles. The molecule has 3 nitrogen and oxygen atoms in total. The van der Waals surface area contributed by atoms with Crippen molar-refractivity contribution >= 4 is 57.1 Å². The summed E-state index contributed by atoms with van der Waals surface area (Å²) in [7, 11) is 0. The first-order valence-electron chi connectivity index (χ1n) is 29.7. The molecule has 0 amide bonds. The standard InChI is InChI=1S/C81H68N2O/c1-4-58-27-33-61(34-28-58)62-37-45-70(46-38-62)83-79-51-41-65(63-35-29-59(5-2)30-36-63)55-75(79)76-56-66(42-52-80(76)83)64-39-43-69(44-40-64)82(68-23-15-12-16-24-68)71-47-50-74-73-25-17-18-26-77(73)81(78(74)57-71,67-21-13-11-14-22-67)53-19-9-7-8-10-20-54-84-72-48-31-60(6-3)32-49-72/h4-6,11-18,21-52,55-57H,1-3,7-10,19-20,53-54H2. The van der Waals surface area contributed by atoms with Gasteiger partial charge in [-0.1, -0.05) is 246 Å². The first-order chi connectivity index (χ1) is 41.5. The number of ether oxygens (including phenoxy) is 1. The van der Waals surface area contributed by atoms with Crippen LogP contribution in [-0.2, 0) is 5.41 Å². The highest BCUT2D eigenvalue weighted by atomic mass is 16.5. The van der Waals surface area contributed by atoms with Gasteiger partial charge in [-0.3, -0.25) is 0 Å². The molecule has 1 atom stereocenters. The molecular weight excluding hydrogens is 1020 g/mol. The van der Waals surface area contributed by atoms with Crippen LogP contribution in [0.3, 0.4) is 0 Å². The zero-order valence-corrected chi connectivity index (χ0v) is 47.6. The van der Waals surface area contributed by atoms with Gasteiger partial charge in [-0.25, -0.2) is 0 Å². The summed E-state index contributed by atoms with van der Waals surface area (Å²) in [6, 6.07) is 96.0. The molecule has 0 spiro atoms. The topological polar surface area (TPSA) is 17.4 Å². The molecule has 0 saturated carbocycles. The predicted octanol–water partition coefficient (Wildman–Crippen LogP) is 22.3. The molecule has 0 fully saturated rings. The Morgan fingerprint density at radius 1 is 0.369 bits per heavy atom. The van der Waals surface area contributed by atoms with Crippen LogP contribution in [0, 0.1) is 0 Å². The molecule has 0 radical (unpaired) electrons. The maximum atomic E-state index is 6.06. The van der Waals surface area contributed by atoms with Crippen molar-refractivity contribution in [1.29, 1.82) is 0 Å². The minimum atomic E-state index is -0.301. The van der Waals surface area contributed by atoms with Crippen molar-refractivity contribution in [2.24, 2.45) is 0 Å². The summed E-state index contributed by atoms with van der Waals surface area (Å²) in [6.07, 6.45) is 13.6. The third kappa shape index (κ3) is 10.4. The second kappa shape index (κ2) is 23.9. The molecule has 84 heavy (non-hydrogen) atoms. The van der Waals surface area contributed by atoms with Crippen LogP contribution in [0.25, 0.3) is 90.2 Å². The fraction of sp³-hybridized carbons (Fsp3) is 0.111. The molecule has 0 bridgehead atoms. The van der Waals surface area contributed by atoms with Crippen molar-refractivity contribution < 1.29 is 4.74 Å². The van der Waals surface area contributed by atoms with Crippen molar-refractivity contribution in [2.75, 3.05) is 11.5 Å². The summed E-state index contributed by atoms with van der Waals surface area (Å²) >= 11 is 0. The smallest absolute Gasteiger partial charge is 0.119 e. The summed E-state index contributed by atoms with van der Waals surface area (Å²) in [4.78, 5) is 2.43. The monoisotopic (exact) mass is 1080 g/mol. The molecule has 1 aliphatic carbocycles. The molecule has 1 aliphatic rings. The van der Waals surface area contributed by atoms with Crippen LogP contribution in [0.15, 0.2) is 281 Å². The zero-order valence-electron chi connectivity index (χ0n) is 47.6. The Morgan fingerprint density at radius 2 is 0.821 bits per heavy atom. The van der Waals surface area contributed by atoms with Gasteiger partial charge in [0.25, 0.3) is 0 Å². The predicted molar refractivity (Wildman–Crippen MR) is 358 cm³/mol. The summed E-state index contributed by atoms with van der Waals surface area (Å²) in [5.74, 6) is 0.926.